The molecule has 0 spiro atoms. The van der Waals surface area contributed by atoms with Crippen LogP contribution in [0.5, 0.6) is 23.5 Å². The van der Waals surface area contributed by atoms with Crippen LogP contribution in [0.15, 0.2) is 30.3 Å². The summed E-state index contributed by atoms with van der Waals surface area (Å²) in [5, 5.41) is 0. The van der Waals surface area contributed by atoms with Gasteiger partial charge in [-0.1, -0.05) is 12.1 Å². The Bertz CT molecular complexity index is 721. The molecule has 0 aliphatic carbocycles. The second kappa shape index (κ2) is 7.80. The smallest absolute Gasteiger partial charge is 0.328 e. The molecule has 0 bridgehead atoms. The first-order valence-electron chi connectivity index (χ1n) is 7.64. The number of methoxy groups -OCH3 is 2. The molecule has 0 aliphatic heterocycles. The third-order valence-electron chi connectivity index (χ3n) is 2.96. The molecule has 1 aromatic carbocycles. The Labute approximate surface area is 146 Å². The zero-order valence-electron chi connectivity index (χ0n) is 14.9. The highest BCUT2D eigenvalue weighted by molar-refractivity contribution is 5.96. The van der Waals surface area contributed by atoms with E-state index in [4.69, 9.17) is 14.2 Å². The second-order valence-corrected chi connectivity index (χ2v) is 6.16. The Balaban J connectivity index is 2.25. The number of carbonyl (C=O) groups is 1. The number of para-hydroxylation sites is 1. The summed E-state index contributed by atoms with van der Waals surface area (Å²) in [5.74, 6) is 0.558. The molecule has 0 atom stereocenters. The summed E-state index contributed by atoms with van der Waals surface area (Å²) < 4.78 is 15.9. The van der Waals surface area contributed by atoms with Crippen LogP contribution in [-0.2, 0) is 0 Å². The minimum Gasteiger partial charge on any atom is -0.481 e. The van der Waals surface area contributed by atoms with E-state index in [1.165, 1.54) is 20.3 Å². The van der Waals surface area contributed by atoms with Gasteiger partial charge in [-0.25, -0.2) is 5.43 Å². The first-order chi connectivity index (χ1) is 11.8. The Morgan fingerprint density at radius 1 is 1.04 bits per heavy atom. The number of rotatable bonds is 6. The quantitative estimate of drug-likeness (QED) is 0.775. The molecule has 0 unspecified atom stereocenters. The van der Waals surface area contributed by atoms with Crippen molar-refractivity contribution < 1.29 is 19.0 Å². The maximum Gasteiger partial charge on any atom is 0.328 e. The highest BCUT2D eigenvalue weighted by Gasteiger charge is 2.17. The second-order valence-electron chi connectivity index (χ2n) is 6.16. The van der Waals surface area contributed by atoms with E-state index in [1.807, 2.05) is 20.8 Å². The van der Waals surface area contributed by atoms with E-state index in [-0.39, 0.29) is 29.2 Å². The molecule has 0 saturated carbocycles. The van der Waals surface area contributed by atoms with Gasteiger partial charge < -0.3 is 14.2 Å². The lowest BCUT2D eigenvalue weighted by Crippen LogP contribution is -2.48. The van der Waals surface area contributed by atoms with Gasteiger partial charge in [0.05, 0.1) is 25.8 Å². The van der Waals surface area contributed by atoms with Crippen LogP contribution in [-0.4, -0.2) is 35.6 Å². The molecule has 8 heteroatoms. The Hall–Kier alpha value is -2.87. The number of nitrogens with zero attached hydrogens (tertiary/aromatic N) is 2. The van der Waals surface area contributed by atoms with Crippen LogP contribution < -0.4 is 25.1 Å². The number of hydrogen-bond donors (Lipinski definition) is 2. The third-order valence-corrected chi connectivity index (χ3v) is 2.96. The molecule has 25 heavy (non-hydrogen) atoms. The van der Waals surface area contributed by atoms with Crippen LogP contribution in [0, 0.1) is 0 Å². The molecular formula is C17H22N4O4. The summed E-state index contributed by atoms with van der Waals surface area (Å²) in [6.07, 6.45) is 0. The molecule has 134 valence electrons. The third kappa shape index (κ3) is 5.32. The van der Waals surface area contributed by atoms with E-state index in [0.717, 1.165) is 0 Å². The van der Waals surface area contributed by atoms with Gasteiger partial charge in [-0.15, -0.1) is 0 Å². The van der Waals surface area contributed by atoms with Crippen LogP contribution in [0.1, 0.15) is 31.1 Å². The number of hydrogen-bond acceptors (Lipinski definition) is 7. The fraction of sp³-hybridized carbons (Fsp3) is 0.353. The summed E-state index contributed by atoms with van der Waals surface area (Å²) in [6.45, 7) is 5.81. The largest absolute Gasteiger partial charge is 0.481 e. The zero-order chi connectivity index (χ0) is 18.4. The van der Waals surface area contributed by atoms with E-state index in [2.05, 4.69) is 20.8 Å². The zero-order valence-corrected chi connectivity index (χ0v) is 14.9. The first kappa shape index (κ1) is 18.5. The van der Waals surface area contributed by atoms with Gasteiger partial charge in [0.1, 0.15) is 5.75 Å². The molecule has 0 radical (unpaired) electrons. The normalized spacial score (nSPS) is 10.9. The summed E-state index contributed by atoms with van der Waals surface area (Å²) >= 11 is 0. The first-order valence-corrected chi connectivity index (χ1v) is 7.64. The summed E-state index contributed by atoms with van der Waals surface area (Å²) in [6, 6.07) is 8.33. The van der Waals surface area contributed by atoms with Crippen LogP contribution in [0.3, 0.4) is 0 Å². The van der Waals surface area contributed by atoms with Crippen molar-refractivity contribution in [2.75, 3.05) is 14.2 Å². The molecule has 1 aromatic heterocycles. The monoisotopic (exact) mass is 346 g/mol. The van der Waals surface area contributed by atoms with E-state index in [1.54, 1.807) is 24.3 Å². The lowest BCUT2D eigenvalue weighted by molar-refractivity contribution is 0.0912. The predicted molar refractivity (Wildman–Crippen MR) is 92.0 cm³/mol. The number of nitrogens with one attached hydrogen (secondary N) is 2. The number of hydrazine groups is 1. The Morgan fingerprint density at radius 3 is 2.20 bits per heavy atom. The molecule has 0 fully saturated rings. The minimum absolute atomic E-state index is 0.0141. The van der Waals surface area contributed by atoms with Gasteiger partial charge >= 0.3 is 6.01 Å². The summed E-state index contributed by atoms with van der Waals surface area (Å²) in [7, 11) is 2.95. The molecule has 0 saturated heterocycles. The lowest BCUT2D eigenvalue weighted by atomic mass is 10.1. The topological polar surface area (TPSA) is 94.6 Å². The fourth-order valence-corrected chi connectivity index (χ4v) is 1.79. The van der Waals surface area contributed by atoms with E-state index >= 15 is 0 Å². The number of aromatic nitrogens is 2. The van der Waals surface area contributed by atoms with Crippen molar-refractivity contribution in [2.45, 2.75) is 26.3 Å². The lowest BCUT2D eigenvalue weighted by Gasteiger charge is -2.21. The predicted octanol–water partition coefficient (Wildman–Crippen LogP) is 2.32. The molecule has 1 amide bonds. The minimum atomic E-state index is -0.333. The van der Waals surface area contributed by atoms with Crippen molar-refractivity contribution >= 4 is 5.91 Å². The Kier molecular flexibility index (Phi) is 5.76. The molecular weight excluding hydrogens is 324 g/mol. The van der Waals surface area contributed by atoms with E-state index in [9.17, 15) is 4.79 Å². The molecule has 1 heterocycles. The number of amides is 1. The molecule has 2 rings (SSSR count). The maximum absolute atomic E-state index is 12.4. The fourth-order valence-electron chi connectivity index (χ4n) is 1.79. The van der Waals surface area contributed by atoms with Crippen molar-refractivity contribution in [3.05, 3.63) is 35.9 Å². The van der Waals surface area contributed by atoms with Gasteiger partial charge in [-0.2, -0.15) is 9.97 Å². The SMILES string of the molecule is COc1cc(OC)nc(Oc2ccccc2C(=O)NNC(C)(C)C)n1. The standard InChI is InChI=1S/C17H22N4O4/c1-17(2,3)21-20-15(22)11-8-6-7-9-12(11)25-16-18-13(23-4)10-14(19-16)24-5/h6-10,21H,1-5H3,(H,20,22). The highest BCUT2D eigenvalue weighted by Crippen LogP contribution is 2.26. The van der Waals surface area contributed by atoms with Crippen LogP contribution in [0.2, 0.25) is 0 Å². The molecule has 2 N–H and O–H groups in total. The molecule has 2 aromatic rings. The van der Waals surface area contributed by atoms with E-state index < -0.39 is 0 Å². The van der Waals surface area contributed by atoms with Crippen LogP contribution in [0.25, 0.3) is 0 Å². The van der Waals surface area contributed by atoms with Crippen molar-refractivity contribution in [3.63, 3.8) is 0 Å². The van der Waals surface area contributed by atoms with Gasteiger partial charge in [-0.3, -0.25) is 10.2 Å². The molecule has 8 nitrogen and oxygen atoms in total. The highest BCUT2D eigenvalue weighted by atomic mass is 16.5. The average Bonchev–Trinajstić information content (AvgIpc) is 2.59. The van der Waals surface area contributed by atoms with Crippen molar-refractivity contribution in [1.29, 1.82) is 0 Å². The summed E-state index contributed by atoms with van der Waals surface area (Å²) in [5.41, 5.74) is 5.64. The van der Waals surface area contributed by atoms with Crippen molar-refractivity contribution in [3.8, 4) is 23.5 Å². The van der Waals surface area contributed by atoms with Crippen molar-refractivity contribution in [1.82, 2.24) is 20.8 Å². The van der Waals surface area contributed by atoms with Gasteiger partial charge in [0, 0.05) is 5.54 Å². The van der Waals surface area contributed by atoms with Crippen molar-refractivity contribution in [2.24, 2.45) is 0 Å². The Morgan fingerprint density at radius 2 is 1.64 bits per heavy atom. The maximum atomic E-state index is 12.4. The van der Waals surface area contributed by atoms with E-state index in [0.29, 0.717) is 11.3 Å². The van der Waals surface area contributed by atoms with Gasteiger partial charge in [0.15, 0.2) is 0 Å². The number of carbonyl (C=O) groups excluding carboxylic acids is 1. The molecule has 0 aliphatic rings. The van der Waals surface area contributed by atoms with Gasteiger partial charge in [0.2, 0.25) is 11.8 Å². The number of ether oxygens (including phenoxy) is 3. The van der Waals surface area contributed by atoms with Gasteiger partial charge in [-0.05, 0) is 32.9 Å². The summed E-state index contributed by atoms with van der Waals surface area (Å²) in [4.78, 5) is 20.6. The van der Waals surface area contributed by atoms with Crippen LogP contribution in [0.4, 0.5) is 0 Å². The number of benzene rings is 1. The average molecular weight is 346 g/mol. The van der Waals surface area contributed by atoms with Gasteiger partial charge in [0.25, 0.3) is 5.91 Å². The van der Waals surface area contributed by atoms with Crippen LogP contribution >= 0.6 is 0 Å².